The Labute approximate surface area is 69.8 Å². The van der Waals surface area contributed by atoms with Crippen LogP contribution in [0.3, 0.4) is 0 Å². The topological polar surface area (TPSA) is 88.5 Å². The quantitative estimate of drug-likeness (QED) is 0.234. The largest absolute Gasteiger partial charge is 0.360 e. The van der Waals surface area contributed by atoms with Gasteiger partial charge in [-0.1, -0.05) is 5.16 Å². The Hall–Kier alpha value is -1.56. The van der Waals surface area contributed by atoms with Crippen LogP contribution in [0.1, 0.15) is 5.76 Å². The Balaban J connectivity index is 2.35. The van der Waals surface area contributed by atoms with Crippen LogP contribution in [0.25, 0.3) is 0 Å². The molecule has 0 aromatic carbocycles. The smallest absolute Gasteiger partial charge is 0.205 e. The monoisotopic (exact) mass is 169 g/mol. The molecule has 4 N–H and O–H groups in total. The number of hydrogen-bond acceptors (Lipinski definition) is 4. The van der Waals surface area contributed by atoms with Crippen molar-refractivity contribution in [3.8, 4) is 0 Å². The zero-order chi connectivity index (χ0) is 8.81. The number of rotatable bonds is 2. The third-order valence-electron chi connectivity index (χ3n) is 1.28. The van der Waals surface area contributed by atoms with E-state index < -0.39 is 0 Å². The fraction of sp³-hybridized carbons (Fsp3) is 0.333. The number of nitrogens with two attached hydrogens (primary N) is 1. The number of hydrazine groups is 1. The molecule has 0 unspecified atom stereocenters. The van der Waals surface area contributed by atoms with Crippen molar-refractivity contribution in [2.75, 3.05) is 7.05 Å². The van der Waals surface area contributed by atoms with Crippen LogP contribution >= 0.6 is 0 Å². The first-order chi connectivity index (χ1) is 5.86. The van der Waals surface area contributed by atoms with Crippen LogP contribution in [-0.2, 0) is 6.54 Å². The standard InChI is InChI=1S/C6H11N5O/c1-8-6(11-7)9-4-5-2-3-10-12-5/h2-3H,4,7H2,1H3,(H2,8,9,11). The van der Waals surface area contributed by atoms with Crippen LogP contribution < -0.4 is 16.6 Å². The van der Waals surface area contributed by atoms with Crippen LogP contribution in [0.15, 0.2) is 21.8 Å². The molecule has 66 valence electrons. The van der Waals surface area contributed by atoms with E-state index >= 15 is 0 Å². The lowest BCUT2D eigenvalue weighted by molar-refractivity contribution is 0.380. The lowest BCUT2D eigenvalue weighted by Crippen LogP contribution is -2.40. The average molecular weight is 169 g/mol. The zero-order valence-electron chi connectivity index (χ0n) is 6.74. The van der Waals surface area contributed by atoms with E-state index in [1.54, 1.807) is 19.3 Å². The van der Waals surface area contributed by atoms with E-state index in [9.17, 15) is 0 Å². The van der Waals surface area contributed by atoms with Gasteiger partial charge in [0.05, 0.1) is 12.7 Å². The van der Waals surface area contributed by atoms with Crippen molar-refractivity contribution < 1.29 is 4.52 Å². The van der Waals surface area contributed by atoms with E-state index in [0.29, 0.717) is 12.5 Å². The summed E-state index contributed by atoms with van der Waals surface area (Å²) in [5, 5.41) is 6.45. The highest BCUT2D eigenvalue weighted by Crippen LogP contribution is 1.93. The second kappa shape index (κ2) is 4.35. The predicted octanol–water partition coefficient (Wildman–Crippen LogP) is -0.787. The summed E-state index contributed by atoms with van der Waals surface area (Å²) in [4.78, 5) is 3.81. The molecule has 1 heterocycles. The molecule has 1 aromatic heterocycles. The molecule has 12 heavy (non-hydrogen) atoms. The molecule has 0 saturated carbocycles. The molecule has 1 aromatic rings. The Kier molecular flexibility index (Phi) is 3.09. The molecular formula is C6H11N5O. The van der Waals surface area contributed by atoms with Gasteiger partial charge in [-0.25, -0.2) is 5.84 Å². The van der Waals surface area contributed by atoms with Gasteiger partial charge in [-0.15, -0.1) is 0 Å². The summed E-state index contributed by atoms with van der Waals surface area (Å²) in [7, 11) is 1.63. The second-order valence-electron chi connectivity index (χ2n) is 2.05. The first-order valence-corrected chi connectivity index (χ1v) is 3.43. The molecule has 0 aliphatic rings. The predicted molar refractivity (Wildman–Crippen MR) is 44.0 cm³/mol. The van der Waals surface area contributed by atoms with Gasteiger partial charge in [-0.2, -0.15) is 0 Å². The summed E-state index contributed by atoms with van der Waals surface area (Å²) in [6, 6.07) is 1.76. The fourth-order valence-corrected chi connectivity index (χ4v) is 0.699. The van der Waals surface area contributed by atoms with Gasteiger partial charge < -0.3 is 9.84 Å². The van der Waals surface area contributed by atoms with Crippen LogP contribution in [0.2, 0.25) is 0 Å². The van der Waals surface area contributed by atoms with Crippen molar-refractivity contribution in [2.45, 2.75) is 6.54 Å². The molecule has 0 aliphatic carbocycles. The number of nitrogens with zero attached hydrogens (tertiary/aromatic N) is 2. The maximum Gasteiger partial charge on any atom is 0.205 e. The van der Waals surface area contributed by atoms with Gasteiger partial charge in [0, 0.05) is 13.1 Å². The number of aromatic nitrogens is 1. The lowest BCUT2D eigenvalue weighted by atomic mass is 10.4. The second-order valence-corrected chi connectivity index (χ2v) is 2.05. The van der Waals surface area contributed by atoms with E-state index in [1.165, 1.54) is 0 Å². The van der Waals surface area contributed by atoms with Gasteiger partial charge in [0.2, 0.25) is 5.96 Å². The molecule has 0 aliphatic heterocycles. The van der Waals surface area contributed by atoms with Gasteiger partial charge in [0.1, 0.15) is 0 Å². The fourth-order valence-electron chi connectivity index (χ4n) is 0.699. The molecule has 0 spiro atoms. The molecule has 1 rings (SSSR count). The van der Waals surface area contributed by atoms with E-state index in [4.69, 9.17) is 10.4 Å². The third-order valence-corrected chi connectivity index (χ3v) is 1.28. The van der Waals surface area contributed by atoms with Gasteiger partial charge in [-0.3, -0.25) is 10.4 Å². The van der Waals surface area contributed by atoms with Gasteiger partial charge in [-0.05, 0) is 0 Å². The van der Waals surface area contributed by atoms with Crippen LogP contribution in [0, 0.1) is 0 Å². The normalized spacial score (nSPS) is 11.3. The maximum atomic E-state index is 5.13. The summed E-state index contributed by atoms with van der Waals surface area (Å²) < 4.78 is 4.84. The summed E-state index contributed by atoms with van der Waals surface area (Å²) in [5.74, 6) is 6.37. The molecule has 0 radical (unpaired) electrons. The van der Waals surface area contributed by atoms with Crippen LogP contribution in [0.5, 0.6) is 0 Å². The van der Waals surface area contributed by atoms with E-state index in [0.717, 1.165) is 5.76 Å². The Morgan fingerprint density at radius 2 is 2.67 bits per heavy atom. The minimum Gasteiger partial charge on any atom is -0.360 e. The average Bonchev–Trinajstić information content (AvgIpc) is 2.59. The minimum absolute atomic E-state index is 0.506. The summed E-state index contributed by atoms with van der Waals surface area (Å²) in [5.41, 5.74) is 2.39. The highest BCUT2D eigenvalue weighted by atomic mass is 16.5. The number of hydrogen-bond donors (Lipinski definition) is 3. The molecule has 0 atom stereocenters. The Bertz CT molecular complexity index is 242. The summed E-state index contributed by atoms with van der Waals surface area (Å²) in [6.07, 6.45) is 1.58. The first-order valence-electron chi connectivity index (χ1n) is 3.43. The zero-order valence-corrected chi connectivity index (χ0v) is 6.74. The molecule has 0 amide bonds. The van der Waals surface area contributed by atoms with Crippen molar-refractivity contribution in [2.24, 2.45) is 10.8 Å². The van der Waals surface area contributed by atoms with Crippen molar-refractivity contribution in [1.82, 2.24) is 15.9 Å². The van der Waals surface area contributed by atoms with Crippen LogP contribution in [-0.4, -0.2) is 18.2 Å². The Morgan fingerprint density at radius 1 is 1.83 bits per heavy atom. The van der Waals surface area contributed by atoms with E-state index in [2.05, 4.69) is 20.9 Å². The summed E-state index contributed by atoms with van der Waals surface area (Å²) in [6.45, 7) is 0.511. The van der Waals surface area contributed by atoms with Crippen molar-refractivity contribution >= 4 is 5.96 Å². The van der Waals surface area contributed by atoms with Gasteiger partial charge in [0.25, 0.3) is 0 Å². The SMILES string of the molecule is CN=C(NN)NCc1ccno1. The van der Waals surface area contributed by atoms with Crippen molar-refractivity contribution in [3.05, 3.63) is 18.0 Å². The highest BCUT2D eigenvalue weighted by molar-refractivity contribution is 5.78. The maximum absolute atomic E-state index is 5.13. The Morgan fingerprint density at radius 3 is 3.17 bits per heavy atom. The molecule has 6 heteroatoms. The van der Waals surface area contributed by atoms with Crippen molar-refractivity contribution in [1.29, 1.82) is 0 Å². The molecular weight excluding hydrogens is 158 g/mol. The molecule has 6 nitrogen and oxygen atoms in total. The minimum atomic E-state index is 0.506. The highest BCUT2D eigenvalue weighted by Gasteiger charge is 1.97. The van der Waals surface area contributed by atoms with Gasteiger partial charge >= 0.3 is 0 Å². The summed E-state index contributed by atoms with van der Waals surface area (Å²) >= 11 is 0. The van der Waals surface area contributed by atoms with E-state index in [1.807, 2.05) is 0 Å². The number of guanidine groups is 1. The first kappa shape index (κ1) is 8.54. The number of aliphatic imine (C=N–C) groups is 1. The molecule has 0 fully saturated rings. The molecule has 0 saturated heterocycles. The van der Waals surface area contributed by atoms with Gasteiger partial charge in [0.15, 0.2) is 5.76 Å². The van der Waals surface area contributed by atoms with E-state index in [-0.39, 0.29) is 0 Å². The third kappa shape index (κ3) is 2.24. The van der Waals surface area contributed by atoms with Crippen LogP contribution in [0.4, 0.5) is 0 Å². The number of nitrogens with one attached hydrogen (secondary N) is 2. The van der Waals surface area contributed by atoms with Crippen molar-refractivity contribution in [3.63, 3.8) is 0 Å². The lowest BCUT2D eigenvalue weighted by Gasteiger charge is -2.04. The molecule has 0 bridgehead atoms.